The summed E-state index contributed by atoms with van der Waals surface area (Å²) in [5, 5.41) is 47.4. The Morgan fingerprint density at radius 3 is 2.23 bits per heavy atom. The molecule has 3 saturated carbocycles. The van der Waals surface area contributed by atoms with Crippen LogP contribution in [0.3, 0.4) is 0 Å². The highest BCUT2D eigenvalue weighted by molar-refractivity contribution is 6.01. The number of unbranched alkanes of at least 4 members (excludes halogenated alkanes) is 1. The Labute approximate surface area is 228 Å². The quantitative estimate of drug-likeness (QED) is 0.342. The molecule has 220 valence electrons. The second-order valence-corrected chi connectivity index (χ2v) is 11.8. The van der Waals surface area contributed by atoms with Crippen LogP contribution in [0.1, 0.15) is 79.6 Å². The van der Waals surface area contributed by atoms with Crippen molar-refractivity contribution in [3.8, 4) is 0 Å². The number of rotatable bonds is 5. The molecule has 0 bridgehead atoms. The standard InChI is InChI=1S/C22H29FO5.C5H10O2.C2H4O2/c1-12-8-16-15-5-4-13-9-14(25)6-7-19(13,2)21(15,23)17(26)10-20(16,3)22(12,28)18(27)11-24;1-2-3-4-5(6)7;1-2(3)4/h6-7,9,12,15-17,24,26,28H,4-5,8,10-11H2,1-3H3;2-4H2,1H3,(H,6,7);1H3,(H,3,4)/t12-,15-,16-,17-,19-,20-,21-,22-;;/m0../s1. The summed E-state index contributed by atoms with van der Waals surface area (Å²) in [7, 11) is 0. The number of alkyl halides is 1. The molecule has 0 aromatic carbocycles. The molecule has 0 saturated heterocycles. The maximum Gasteiger partial charge on any atom is 0.303 e. The largest absolute Gasteiger partial charge is 0.481 e. The maximum absolute atomic E-state index is 16.9. The zero-order valence-electron chi connectivity index (χ0n) is 23.4. The van der Waals surface area contributed by atoms with Crippen molar-refractivity contribution in [3.05, 3.63) is 23.8 Å². The van der Waals surface area contributed by atoms with Crippen LogP contribution in [0.25, 0.3) is 0 Å². The summed E-state index contributed by atoms with van der Waals surface area (Å²) in [6.07, 6.45) is 6.52. The number of aliphatic hydroxyl groups is 3. The van der Waals surface area contributed by atoms with Gasteiger partial charge in [-0.15, -0.1) is 0 Å². The second-order valence-electron chi connectivity index (χ2n) is 11.8. The van der Waals surface area contributed by atoms with Crippen molar-refractivity contribution in [2.24, 2.45) is 28.6 Å². The van der Waals surface area contributed by atoms with Crippen molar-refractivity contribution in [1.29, 1.82) is 0 Å². The molecule has 0 unspecified atom stereocenters. The van der Waals surface area contributed by atoms with E-state index < -0.39 is 64.4 Å². The summed E-state index contributed by atoms with van der Waals surface area (Å²) in [6, 6.07) is 0. The van der Waals surface area contributed by atoms with Crippen LogP contribution in [0.4, 0.5) is 4.39 Å². The molecular formula is C29H43FO9. The van der Waals surface area contributed by atoms with E-state index in [-0.39, 0.29) is 18.1 Å². The Balaban J connectivity index is 0.000000412. The number of aliphatic carboxylic acids is 2. The Morgan fingerprint density at radius 2 is 1.74 bits per heavy atom. The SMILES string of the molecule is CC(=O)O.CCCCC(=O)O.C[C@H]1C[C@H]2[C@@H]3CCC4=CC(=O)C=C[C@]4(C)[C@@]3(F)[C@@H](O)C[C@]2(C)[C@@]1(O)C(=O)CO. The van der Waals surface area contributed by atoms with Crippen LogP contribution in [-0.4, -0.2) is 73.0 Å². The predicted octanol–water partition coefficient (Wildman–Crippen LogP) is 3.25. The molecule has 0 aromatic heterocycles. The third-order valence-electron chi connectivity index (χ3n) is 9.54. The number of halogens is 1. The number of carbonyl (C=O) groups excluding carboxylic acids is 2. The first-order valence-corrected chi connectivity index (χ1v) is 13.6. The van der Waals surface area contributed by atoms with Gasteiger partial charge in [0.1, 0.15) is 12.2 Å². The van der Waals surface area contributed by atoms with Crippen molar-refractivity contribution < 1.29 is 49.1 Å². The Kier molecular flexibility index (Phi) is 10.1. The fourth-order valence-corrected chi connectivity index (χ4v) is 7.59. The zero-order chi connectivity index (χ0) is 30.0. The lowest BCUT2D eigenvalue weighted by molar-refractivity contribution is -0.219. The van der Waals surface area contributed by atoms with Gasteiger partial charge in [-0.2, -0.15) is 0 Å². The van der Waals surface area contributed by atoms with Gasteiger partial charge in [0, 0.05) is 30.1 Å². The molecule has 4 aliphatic carbocycles. The number of allylic oxidation sites excluding steroid dienone is 4. The van der Waals surface area contributed by atoms with E-state index in [0.29, 0.717) is 31.3 Å². The topological polar surface area (TPSA) is 169 Å². The summed E-state index contributed by atoms with van der Waals surface area (Å²) < 4.78 is 16.9. The van der Waals surface area contributed by atoms with Crippen LogP contribution in [-0.2, 0) is 19.2 Å². The molecule has 0 amide bonds. The van der Waals surface area contributed by atoms with E-state index in [4.69, 9.17) is 15.0 Å². The molecule has 0 aliphatic heterocycles. The molecule has 4 rings (SSSR count). The fraction of sp³-hybridized carbons (Fsp3) is 0.724. The number of hydrogen-bond acceptors (Lipinski definition) is 7. The summed E-state index contributed by atoms with van der Waals surface area (Å²) >= 11 is 0. The van der Waals surface area contributed by atoms with Crippen LogP contribution in [0.2, 0.25) is 0 Å². The van der Waals surface area contributed by atoms with E-state index in [2.05, 4.69) is 0 Å². The molecule has 0 radical (unpaired) electrons. The molecular weight excluding hydrogens is 511 g/mol. The van der Waals surface area contributed by atoms with E-state index in [1.807, 2.05) is 6.92 Å². The van der Waals surface area contributed by atoms with Gasteiger partial charge < -0.3 is 25.5 Å². The van der Waals surface area contributed by atoms with Gasteiger partial charge in [-0.1, -0.05) is 38.8 Å². The Hall–Kier alpha value is -2.43. The van der Waals surface area contributed by atoms with E-state index in [0.717, 1.165) is 19.8 Å². The van der Waals surface area contributed by atoms with Crippen molar-refractivity contribution >= 4 is 23.5 Å². The highest BCUT2D eigenvalue weighted by atomic mass is 19.1. The number of Topliss-reactive ketones (excluding diaryl/α,β-unsaturated/α-hetero) is 1. The molecule has 9 nitrogen and oxygen atoms in total. The number of carboxylic acid groups (broad SMARTS) is 2. The van der Waals surface area contributed by atoms with Gasteiger partial charge in [0.2, 0.25) is 0 Å². The highest BCUT2D eigenvalue weighted by Gasteiger charge is 2.75. The number of carboxylic acids is 2. The van der Waals surface area contributed by atoms with Gasteiger partial charge in [-0.3, -0.25) is 19.2 Å². The van der Waals surface area contributed by atoms with E-state index >= 15 is 4.39 Å². The van der Waals surface area contributed by atoms with Crippen molar-refractivity contribution in [2.75, 3.05) is 6.61 Å². The predicted molar refractivity (Wildman–Crippen MR) is 140 cm³/mol. The van der Waals surface area contributed by atoms with Crippen LogP contribution >= 0.6 is 0 Å². The Bertz CT molecular complexity index is 1030. The molecule has 5 N–H and O–H groups in total. The van der Waals surface area contributed by atoms with E-state index in [1.165, 1.54) is 12.2 Å². The minimum absolute atomic E-state index is 0.0676. The van der Waals surface area contributed by atoms with Gasteiger partial charge in [0.05, 0.1) is 6.10 Å². The minimum Gasteiger partial charge on any atom is -0.481 e. The summed E-state index contributed by atoms with van der Waals surface area (Å²) in [4.78, 5) is 43.1. The van der Waals surface area contributed by atoms with E-state index in [9.17, 15) is 29.7 Å². The lowest BCUT2D eigenvalue weighted by atomic mass is 9.44. The molecule has 4 aliphatic rings. The monoisotopic (exact) mass is 554 g/mol. The first-order valence-electron chi connectivity index (χ1n) is 13.6. The number of aliphatic hydroxyl groups excluding tert-OH is 2. The first-order chi connectivity index (χ1) is 18.0. The van der Waals surface area contributed by atoms with Crippen molar-refractivity contribution in [2.45, 2.75) is 96.9 Å². The van der Waals surface area contributed by atoms with Crippen LogP contribution in [0.5, 0.6) is 0 Å². The smallest absolute Gasteiger partial charge is 0.303 e. The second kappa shape index (κ2) is 12.0. The number of hydrogen-bond donors (Lipinski definition) is 5. The third kappa shape index (κ3) is 5.47. The summed E-state index contributed by atoms with van der Waals surface area (Å²) in [5.74, 6) is -3.65. The fourth-order valence-electron chi connectivity index (χ4n) is 7.59. The van der Waals surface area contributed by atoms with Gasteiger partial charge >= 0.3 is 5.97 Å². The molecule has 39 heavy (non-hydrogen) atoms. The molecule has 10 heteroatoms. The van der Waals surface area contributed by atoms with E-state index in [1.54, 1.807) is 26.8 Å². The third-order valence-corrected chi connectivity index (χ3v) is 9.54. The van der Waals surface area contributed by atoms with Crippen LogP contribution in [0, 0.1) is 28.6 Å². The number of carbonyl (C=O) groups is 4. The molecule has 8 atom stereocenters. The first kappa shape index (κ1) is 32.8. The summed E-state index contributed by atoms with van der Waals surface area (Å²) in [5.41, 5.74) is -5.17. The zero-order valence-corrected chi connectivity index (χ0v) is 23.4. The minimum atomic E-state index is -1.98. The molecule has 0 spiro atoms. The number of ketones is 2. The Morgan fingerprint density at radius 1 is 1.15 bits per heavy atom. The van der Waals surface area contributed by atoms with Crippen LogP contribution < -0.4 is 0 Å². The molecule has 0 aromatic rings. The molecule has 0 heterocycles. The van der Waals surface area contributed by atoms with Crippen molar-refractivity contribution in [3.63, 3.8) is 0 Å². The maximum atomic E-state index is 16.9. The summed E-state index contributed by atoms with van der Waals surface area (Å²) in [6.45, 7) is 7.54. The van der Waals surface area contributed by atoms with Gasteiger partial charge in [0.15, 0.2) is 17.2 Å². The lowest BCUT2D eigenvalue weighted by Crippen LogP contribution is -2.69. The lowest BCUT2D eigenvalue weighted by Gasteiger charge is -2.62. The van der Waals surface area contributed by atoms with Crippen LogP contribution in [0.15, 0.2) is 23.8 Å². The van der Waals surface area contributed by atoms with Gasteiger partial charge in [-0.05, 0) is 63.0 Å². The van der Waals surface area contributed by atoms with Crippen molar-refractivity contribution in [1.82, 2.24) is 0 Å². The molecule has 3 fully saturated rings. The highest BCUT2D eigenvalue weighted by Crippen LogP contribution is 2.70. The number of fused-ring (bicyclic) bond motifs is 5. The van der Waals surface area contributed by atoms with Gasteiger partial charge in [0.25, 0.3) is 5.97 Å². The average Bonchev–Trinajstić information content (AvgIpc) is 3.05. The van der Waals surface area contributed by atoms with Gasteiger partial charge in [-0.25, -0.2) is 4.39 Å². The normalized spacial score (nSPS) is 39.9. The average molecular weight is 555 g/mol.